The van der Waals surface area contributed by atoms with Crippen LogP contribution in [-0.2, 0) is 0 Å². The van der Waals surface area contributed by atoms with Crippen molar-refractivity contribution in [3.8, 4) is 17.0 Å². The molecule has 2 aliphatic rings. The summed E-state index contributed by atoms with van der Waals surface area (Å²) in [6.07, 6.45) is 6.21. The molecule has 2 bridgehead atoms. The molecule has 2 saturated heterocycles. The predicted octanol–water partition coefficient (Wildman–Crippen LogP) is 3.26. The second kappa shape index (κ2) is 7.66. The number of benzene rings is 1. The zero-order chi connectivity index (χ0) is 23.4. The first-order valence-electron chi connectivity index (χ1n) is 11.4. The minimum Gasteiger partial charge on any atom is -0.507 e. The predicted molar refractivity (Wildman–Crippen MR) is 128 cm³/mol. The number of aromatic nitrogens is 3. The van der Waals surface area contributed by atoms with Crippen LogP contribution in [0.2, 0.25) is 0 Å². The van der Waals surface area contributed by atoms with Crippen LogP contribution in [0.15, 0.2) is 36.5 Å². The summed E-state index contributed by atoms with van der Waals surface area (Å²) in [7, 11) is 3.65. The first kappa shape index (κ1) is 21.6. The number of carbonyl (C=O) groups excluding carboxylic acids is 1. The lowest BCUT2D eigenvalue weighted by atomic mass is 9.84. The van der Waals surface area contributed by atoms with Crippen molar-refractivity contribution >= 4 is 22.5 Å². The van der Waals surface area contributed by atoms with Gasteiger partial charge >= 0.3 is 0 Å². The molecule has 2 fully saturated rings. The maximum absolute atomic E-state index is 11.8. The number of phenolic OH excluding ortho intramolecular Hbond substituents is 1. The van der Waals surface area contributed by atoms with E-state index in [0.29, 0.717) is 23.0 Å². The van der Waals surface area contributed by atoms with Gasteiger partial charge < -0.3 is 20.6 Å². The Bertz CT molecular complexity index is 1210. The molecule has 0 spiro atoms. The van der Waals surface area contributed by atoms with Crippen molar-refractivity contribution in [3.05, 3.63) is 42.2 Å². The number of piperidine rings is 1. The van der Waals surface area contributed by atoms with Gasteiger partial charge in [0, 0.05) is 48.4 Å². The minimum absolute atomic E-state index is 0.0859. The summed E-state index contributed by atoms with van der Waals surface area (Å²) in [5, 5.41) is 27.5. The smallest absolute Gasteiger partial charge is 0.269 e. The van der Waals surface area contributed by atoms with Gasteiger partial charge in [-0.3, -0.25) is 9.78 Å². The Morgan fingerprint density at radius 1 is 1.12 bits per heavy atom. The number of aromatic hydroxyl groups is 1. The molecule has 3 atom stereocenters. The van der Waals surface area contributed by atoms with Gasteiger partial charge in [-0.2, -0.15) is 0 Å². The van der Waals surface area contributed by atoms with Gasteiger partial charge in [0.15, 0.2) is 5.82 Å². The molecule has 4 heterocycles. The maximum Gasteiger partial charge on any atom is 0.269 e. The van der Waals surface area contributed by atoms with Crippen LogP contribution in [0.3, 0.4) is 0 Å². The van der Waals surface area contributed by atoms with Crippen LogP contribution in [0.5, 0.6) is 5.75 Å². The second-order valence-corrected chi connectivity index (χ2v) is 10.1. The molecule has 8 heteroatoms. The summed E-state index contributed by atoms with van der Waals surface area (Å²) in [5.74, 6) is 0.646. The second-order valence-electron chi connectivity index (χ2n) is 10.1. The number of pyridine rings is 1. The summed E-state index contributed by atoms with van der Waals surface area (Å²) in [6, 6.07) is 9.38. The monoisotopic (exact) mass is 446 g/mol. The van der Waals surface area contributed by atoms with Crippen LogP contribution in [0.1, 0.15) is 50.0 Å². The quantitative estimate of drug-likeness (QED) is 0.565. The Hall–Kier alpha value is -3.26. The van der Waals surface area contributed by atoms with Gasteiger partial charge in [-0.15, -0.1) is 10.2 Å². The van der Waals surface area contributed by atoms with Crippen LogP contribution in [0, 0.1) is 0 Å². The third kappa shape index (κ3) is 3.88. The van der Waals surface area contributed by atoms with Gasteiger partial charge in [-0.25, -0.2) is 0 Å². The van der Waals surface area contributed by atoms with E-state index in [0.717, 1.165) is 29.4 Å². The molecular weight excluding hydrogens is 416 g/mol. The lowest BCUT2D eigenvalue weighted by Gasteiger charge is -2.45. The Kier molecular flexibility index (Phi) is 5.01. The molecule has 1 aromatic carbocycles. The fourth-order valence-corrected chi connectivity index (χ4v) is 5.58. The van der Waals surface area contributed by atoms with Gasteiger partial charge in [-0.05, 0) is 75.2 Å². The highest BCUT2D eigenvalue weighted by molar-refractivity contribution is 5.97. The molecule has 0 saturated carbocycles. The largest absolute Gasteiger partial charge is 0.507 e. The third-order valence-electron chi connectivity index (χ3n) is 7.34. The Morgan fingerprint density at radius 3 is 2.48 bits per heavy atom. The van der Waals surface area contributed by atoms with Crippen LogP contribution < -0.4 is 15.5 Å². The van der Waals surface area contributed by atoms with E-state index in [1.807, 2.05) is 18.2 Å². The summed E-state index contributed by atoms with van der Waals surface area (Å²) >= 11 is 0. The van der Waals surface area contributed by atoms with Crippen molar-refractivity contribution in [2.45, 2.75) is 56.7 Å². The van der Waals surface area contributed by atoms with Gasteiger partial charge in [-0.1, -0.05) is 0 Å². The van der Waals surface area contributed by atoms with E-state index in [2.05, 4.69) is 51.6 Å². The highest BCUT2D eigenvalue weighted by atomic mass is 16.3. The van der Waals surface area contributed by atoms with Gasteiger partial charge in [0.25, 0.3) is 5.91 Å². The third-order valence-corrected chi connectivity index (χ3v) is 7.34. The average Bonchev–Trinajstić information content (AvgIpc) is 3.03. The van der Waals surface area contributed by atoms with E-state index in [9.17, 15) is 9.90 Å². The zero-order valence-corrected chi connectivity index (χ0v) is 19.5. The molecule has 5 rings (SSSR count). The normalized spacial score (nSPS) is 26.4. The Balaban J connectivity index is 1.40. The summed E-state index contributed by atoms with van der Waals surface area (Å²) in [6.45, 7) is 4.64. The van der Waals surface area contributed by atoms with Gasteiger partial charge in [0.1, 0.15) is 11.4 Å². The van der Waals surface area contributed by atoms with Gasteiger partial charge in [0.2, 0.25) is 0 Å². The summed E-state index contributed by atoms with van der Waals surface area (Å²) in [5.41, 5.74) is 1.84. The summed E-state index contributed by atoms with van der Waals surface area (Å²) in [4.78, 5) is 18.3. The fourth-order valence-electron chi connectivity index (χ4n) is 5.58. The molecule has 2 aliphatic heterocycles. The van der Waals surface area contributed by atoms with E-state index in [1.54, 1.807) is 25.4 Å². The number of nitrogens with one attached hydrogen (secondary N) is 2. The van der Waals surface area contributed by atoms with E-state index in [-0.39, 0.29) is 22.7 Å². The number of fused-ring (bicyclic) bond motifs is 3. The molecule has 172 valence electrons. The van der Waals surface area contributed by atoms with Crippen LogP contribution >= 0.6 is 0 Å². The first-order valence-corrected chi connectivity index (χ1v) is 11.4. The van der Waals surface area contributed by atoms with Crippen molar-refractivity contribution < 1.29 is 9.90 Å². The molecule has 1 unspecified atom stereocenters. The number of rotatable bonds is 4. The number of nitrogens with zero attached hydrogens (tertiary/aromatic N) is 4. The van der Waals surface area contributed by atoms with Crippen molar-refractivity contribution in [2.75, 3.05) is 19.0 Å². The number of hydrogen-bond acceptors (Lipinski definition) is 7. The van der Waals surface area contributed by atoms with Crippen molar-refractivity contribution in [1.82, 2.24) is 25.8 Å². The molecule has 3 N–H and O–H groups in total. The van der Waals surface area contributed by atoms with E-state index in [4.69, 9.17) is 0 Å². The number of anilines is 1. The lowest BCUT2D eigenvalue weighted by molar-refractivity contribution is 0.0958. The number of amides is 1. The minimum atomic E-state index is -0.268. The molecule has 0 aliphatic carbocycles. The molecule has 3 aromatic rings. The highest BCUT2D eigenvalue weighted by Crippen LogP contribution is 2.43. The topological polar surface area (TPSA) is 103 Å². The number of phenols is 1. The average molecular weight is 447 g/mol. The molecule has 8 nitrogen and oxygen atoms in total. The maximum atomic E-state index is 11.8. The lowest BCUT2D eigenvalue weighted by Crippen LogP contribution is -2.58. The SMILES string of the molecule is CNC(=O)c1cc2cc(O)c(-c3ccc(N(C)C4C[C@]5(C)CC[C@](C)(C4)N5)nn3)cc2cn1. The fraction of sp³-hybridized carbons (Fsp3) is 0.440. The number of hydrogen-bond donors (Lipinski definition) is 3. The van der Waals surface area contributed by atoms with Crippen molar-refractivity contribution in [1.29, 1.82) is 0 Å². The highest BCUT2D eigenvalue weighted by Gasteiger charge is 2.49. The summed E-state index contributed by atoms with van der Waals surface area (Å²) < 4.78 is 0. The zero-order valence-electron chi connectivity index (χ0n) is 19.5. The first-order chi connectivity index (χ1) is 15.7. The standard InChI is InChI=1S/C25H30N6O2/c1-24-7-8-25(2,30-24)13-17(12-24)31(4)22-6-5-19(28-29-22)18-9-16-14-27-20(23(33)26-3)10-15(16)11-21(18)32/h5-6,9-11,14,17,30,32H,7-8,12-13H2,1-4H3,(H,26,33)/t17?,24-,25+. The van der Waals surface area contributed by atoms with E-state index >= 15 is 0 Å². The Labute approximate surface area is 193 Å². The van der Waals surface area contributed by atoms with E-state index in [1.165, 1.54) is 12.8 Å². The molecule has 33 heavy (non-hydrogen) atoms. The van der Waals surface area contributed by atoms with Crippen LogP contribution in [0.4, 0.5) is 5.82 Å². The molecular formula is C25H30N6O2. The van der Waals surface area contributed by atoms with Crippen LogP contribution in [0.25, 0.3) is 22.0 Å². The van der Waals surface area contributed by atoms with Crippen LogP contribution in [-0.4, -0.2) is 57.4 Å². The van der Waals surface area contributed by atoms with E-state index < -0.39 is 0 Å². The molecule has 2 aromatic heterocycles. The molecule has 0 radical (unpaired) electrons. The van der Waals surface area contributed by atoms with Crippen molar-refractivity contribution in [3.63, 3.8) is 0 Å². The number of carbonyl (C=O) groups is 1. The Morgan fingerprint density at radius 2 is 1.85 bits per heavy atom. The van der Waals surface area contributed by atoms with Crippen molar-refractivity contribution in [2.24, 2.45) is 0 Å². The van der Waals surface area contributed by atoms with Gasteiger partial charge in [0.05, 0.1) is 5.69 Å². The molecule has 1 amide bonds.